The fraction of sp³-hybridized carbons (Fsp3) is 0. The molecular formula is C5H4N8S. The highest BCUT2D eigenvalue weighted by molar-refractivity contribution is 7.19. The summed E-state index contributed by atoms with van der Waals surface area (Å²) >= 11 is 1.36. The van der Waals surface area contributed by atoms with Crippen LogP contribution < -0.4 is 5.73 Å². The maximum Gasteiger partial charge on any atom is 0.239 e. The minimum atomic E-state index is 0.200. The molecule has 14 heavy (non-hydrogen) atoms. The molecule has 0 spiro atoms. The summed E-state index contributed by atoms with van der Waals surface area (Å²) in [7, 11) is 0. The Morgan fingerprint density at radius 3 is 3.14 bits per heavy atom. The van der Waals surface area contributed by atoms with Gasteiger partial charge < -0.3 is 5.73 Å². The summed E-state index contributed by atoms with van der Waals surface area (Å²) < 4.78 is 1.57. The molecule has 3 N–H and O–H groups in total. The lowest BCUT2D eigenvalue weighted by molar-refractivity contribution is 0.951. The summed E-state index contributed by atoms with van der Waals surface area (Å²) in [5.74, 6) is 0.740. The van der Waals surface area contributed by atoms with Gasteiger partial charge in [0.05, 0.1) is 0 Å². The summed E-state index contributed by atoms with van der Waals surface area (Å²) in [5, 5.41) is 18.8. The molecule has 0 saturated carbocycles. The zero-order chi connectivity index (χ0) is 9.54. The van der Waals surface area contributed by atoms with Gasteiger partial charge in [-0.05, 0) is 0 Å². The molecule has 0 atom stereocenters. The predicted molar refractivity (Wildman–Crippen MR) is 48.4 cm³/mol. The van der Waals surface area contributed by atoms with Crippen LogP contribution in [0.25, 0.3) is 15.8 Å². The zero-order valence-corrected chi connectivity index (χ0v) is 7.56. The minimum Gasteiger partial charge on any atom is -0.366 e. The van der Waals surface area contributed by atoms with E-state index in [4.69, 9.17) is 5.73 Å². The van der Waals surface area contributed by atoms with Gasteiger partial charge in [-0.1, -0.05) is 11.3 Å². The smallest absolute Gasteiger partial charge is 0.239 e. The van der Waals surface area contributed by atoms with Crippen molar-refractivity contribution in [1.29, 1.82) is 0 Å². The van der Waals surface area contributed by atoms with Crippen LogP contribution in [0, 0.1) is 0 Å². The second kappa shape index (κ2) is 2.48. The van der Waals surface area contributed by atoms with Gasteiger partial charge in [0.2, 0.25) is 10.9 Å². The first-order chi connectivity index (χ1) is 6.83. The Labute approximate surface area is 80.8 Å². The largest absolute Gasteiger partial charge is 0.366 e. The van der Waals surface area contributed by atoms with Gasteiger partial charge in [-0.15, -0.1) is 20.4 Å². The second-order valence-electron chi connectivity index (χ2n) is 2.51. The number of fused-ring (bicyclic) bond motifs is 1. The molecule has 8 nitrogen and oxygen atoms in total. The number of H-pyrrole nitrogens is 1. The van der Waals surface area contributed by atoms with Crippen molar-refractivity contribution >= 4 is 22.2 Å². The lowest BCUT2D eigenvalue weighted by Crippen LogP contribution is -1.86. The van der Waals surface area contributed by atoms with Crippen molar-refractivity contribution in [3.8, 4) is 10.8 Å². The maximum absolute atomic E-state index is 5.37. The first kappa shape index (κ1) is 7.38. The van der Waals surface area contributed by atoms with Gasteiger partial charge in [0.15, 0.2) is 10.8 Å². The Balaban J connectivity index is 2.18. The SMILES string of the molecule is Nc1n[nH]c(-c2nn3cnnc3s2)n1. The highest BCUT2D eigenvalue weighted by Gasteiger charge is 2.10. The third kappa shape index (κ3) is 0.956. The predicted octanol–water partition coefficient (Wildman–Crippen LogP) is -0.447. The van der Waals surface area contributed by atoms with Crippen molar-refractivity contribution in [2.24, 2.45) is 0 Å². The normalized spacial score (nSPS) is 11.1. The molecule has 0 unspecified atom stereocenters. The molecule has 70 valence electrons. The molecule has 9 heteroatoms. The first-order valence-electron chi connectivity index (χ1n) is 3.68. The number of nitrogens with zero attached hydrogens (tertiary/aromatic N) is 6. The average molecular weight is 208 g/mol. The number of nitrogens with one attached hydrogen (secondary N) is 1. The molecule has 0 aromatic carbocycles. The van der Waals surface area contributed by atoms with Gasteiger partial charge in [0, 0.05) is 0 Å². The fourth-order valence-electron chi connectivity index (χ4n) is 1.03. The van der Waals surface area contributed by atoms with Gasteiger partial charge in [-0.25, -0.2) is 0 Å². The molecule has 0 aliphatic heterocycles. The summed E-state index contributed by atoms with van der Waals surface area (Å²) in [6, 6.07) is 0. The van der Waals surface area contributed by atoms with E-state index in [0.717, 1.165) is 0 Å². The quantitative estimate of drug-likeness (QED) is 0.560. The Kier molecular flexibility index (Phi) is 1.31. The highest BCUT2D eigenvalue weighted by Crippen LogP contribution is 2.20. The summed E-state index contributed by atoms with van der Waals surface area (Å²) in [6.45, 7) is 0. The van der Waals surface area contributed by atoms with E-state index in [9.17, 15) is 0 Å². The van der Waals surface area contributed by atoms with E-state index >= 15 is 0 Å². The van der Waals surface area contributed by atoms with Crippen LogP contribution in [0.2, 0.25) is 0 Å². The number of rotatable bonds is 1. The van der Waals surface area contributed by atoms with E-state index in [-0.39, 0.29) is 5.95 Å². The number of nitrogens with two attached hydrogens (primary N) is 1. The van der Waals surface area contributed by atoms with Crippen molar-refractivity contribution in [2.45, 2.75) is 0 Å². The topological polar surface area (TPSA) is 111 Å². The number of hydrogen-bond acceptors (Lipinski definition) is 7. The van der Waals surface area contributed by atoms with Gasteiger partial charge in [0.1, 0.15) is 6.33 Å². The number of nitrogen functional groups attached to an aromatic ring is 1. The molecule has 3 aromatic heterocycles. The molecule has 3 rings (SSSR count). The van der Waals surface area contributed by atoms with Crippen LogP contribution >= 0.6 is 11.3 Å². The van der Waals surface area contributed by atoms with Crippen LogP contribution in [0.1, 0.15) is 0 Å². The van der Waals surface area contributed by atoms with Gasteiger partial charge >= 0.3 is 0 Å². The molecule has 3 heterocycles. The van der Waals surface area contributed by atoms with E-state index in [2.05, 4.69) is 30.5 Å². The van der Waals surface area contributed by atoms with E-state index in [1.807, 2.05) is 0 Å². The molecule has 3 aromatic rings. The van der Waals surface area contributed by atoms with Crippen LogP contribution in [0.5, 0.6) is 0 Å². The first-order valence-corrected chi connectivity index (χ1v) is 4.50. The van der Waals surface area contributed by atoms with E-state index in [0.29, 0.717) is 15.8 Å². The van der Waals surface area contributed by atoms with Crippen LogP contribution in [0.3, 0.4) is 0 Å². The summed E-state index contributed by atoms with van der Waals surface area (Å²) in [6.07, 6.45) is 1.52. The zero-order valence-electron chi connectivity index (χ0n) is 6.75. The van der Waals surface area contributed by atoms with Crippen LogP contribution in [0.15, 0.2) is 6.33 Å². The Morgan fingerprint density at radius 1 is 1.50 bits per heavy atom. The standard InChI is InChI=1S/C5H4N8S/c6-4-8-2(9-10-4)3-12-13-1-7-11-5(13)14-3/h1H,(H3,6,8,9,10). The van der Waals surface area contributed by atoms with Gasteiger partial charge in [0.25, 0.3) is 0 Å². The number of hydrogen-bond donors (Lipinski definition) is 2. The maximum atomic E-state index is 5.37. The Hall–Kier alpha value is -2.03. The second-order valence-corrected chi connectivity index (χ2v) is 3.46. The van der Waals surface area contributed by atoms with Crippen LogP contribution in [0.4, 0.5) is 5.95 Å². The lowest BCUT2D eigenvalue weighted by Gasteiger charge is -1.82. The molecule has 0 fully saturated rings. The molecule has 0 saturated heterocycles. The monoisotopic (exact) mass is 208 g/mol. The molecular weight excluding hydrogens is 204 g/mol. The Morgan fingerprint density at radius 2 is 2.43 bits per heavy atom. The van der Waals surface area contributed by atoms with Gasteiger partial charge in [-0.2, -0.15) is 9.50 Å². The third-order valence-electron chi connectivity index (χ3n) is 1.59. The number of anilines is 1. The van der Waals surface area contributed by atoms with Crippen molar-refractivity contribution in [3.05, 3.63) is 6.33 Å². The summed E-state index contributed by atoms with van der Waals surface area (Å²) in [4.78, 5) is 4.66. The van der Waals surface area contributed by atoms with Gasteiger partial charge in [-0.3, -0.25) is 5.10 Å². The minimum absolute atomic E-state index is 0.200. The molecule has 0 radical (unpaired) electrons. The van der Waals surface area contributed by atoms with Crippen molar-refractivity contribution in [3.63, 3.8) is 0 Å². The number of aromatic nitrogens is 7. The molecule has 0 aliphatic rings. The van der Waals surface area contributed by atoms with Crippen LogP contribution in [-0.4, -0.2) is 35.0 Å². The van der Waals surface area contributed by atoms with Crippen LogP contribution in [-0.2, 0) is 0 Å². The van der Waals surface area contributed by atoms with Crippen molar-refractivity contribution < 1.29 is 0 Å². The average Bonchev–Trinajstić information content (AvgIpc) is 2.75. The Bertz CT molecular complexity index is 547. The molecule has 0 amide bonds. The van der Waals surface area contributed by atoms with Crippen molar-refractivity contribution in [2.75, 3.05) is 5.73 Å². The lowest BCUT2D eigenvalue weighted by atomic mass is 10.7. The van der Waals surface area contributed by atoms with Crippen molar-refractivity contribution in [1.82, 2.24) is 35.0 Å². The fourth-order valence-corrected chi connectivity index (χ4v) is 1.79. The third-order valence-corrected chi connectivity index (χ3v) is 2.51. The highest BCUT2D eigenvalue weighted by atomic mass is 32.1. The van der Waals surface area contributed by atoms with E-state index < -0.39 is 0 Å². The molecule has 0 aliphatic carbocycles. The van der Waals surface area contributed by atoms with E-state index in [1.165, 1.54) is 17.7 Å². The van der Waals surface area contributed by atoms with E-state index in [1.54, 1.807) is 4.52 Å². The molecule has 0 bridgehead atoms. The summed E-state index contributed by atoms with van der Waals surface area (Å²) in [5.41, 5.74) is 5.37. The number of aromatic amines is 1.